The van der Waals surface area contributed by atoms with Crippen LogP contribution in [0.3, 0.4) is 0 Å². The van der Waals surface area contributed by atoms with E-state index in [-0.39, 0.29) is 11.9 Å². The lowest BCUT2D eigenvalue weighted by Crippen LogP contribution is -2.09. The molecule has 2 nitrogen and oxygen atoms in total. The van der Waals surface area contributed by atoms with Crippen molar-refractivity contribution in [3.8, 4) is 5.75 Å². The number of benzene rings is 2. The quantitative estimate of drug-likeness (QED) is 0.787. The summed E-state index contributed by atoms with van der Waals surface area (Å²) >= 11 is 9.33. The van der Waals surface area contributed by atoms with E-state index in [2.05, 4.69) is 21.2 Å². The molecule has 2 aromatic rings. The second-order valence-corrected chi connectivity index (χ2v) is 5.67. The molecule has 0 saturated carbocycles. The Labute approximate surface area is 131 Å². The maximum Gasteiger partial charge on any atom is 0.132 e. The van der Waals surface area contributed by atoms with Crippen LogP contribution in [0.5, 0.6) is 5.75 Å². The van der Waals surface area contributed by atoms with E-state index in [1.165, 1.54) is 13.2 Å². The van der Waals surface area contributed by atoms with Gasteiger partial charge in [-0.05, 0) is 47.1 Å². The summed E-state index contributed by atoms with van der Waals surface area (Å²) in [6.07, 6.45) is 0. The first-order valence-corrected chi connectivity index (χ1v) is 7.23. The van der Waals surface area contributed by atoms with E-state index in [0.29, 0.717) is 16.3 Å². The third-order valence-corrected chi connectivity index (χ3v) is 3.87. The molecule has 1 unspecified atom stereocenters. The van der Waals surface area contributed by atoms with Crippen LogP contribution in [0, 0.1) is 5.82 Å². The van der Waals surface area contributed by atoms with E-state index >= 15 is 0 Å². The van der Waals surface area contributed by atoms with Crippen molar-refractivity contribution >= 4 is 33.2 Å². The predicted molar refractivity (Wildman–Crippen MR) is 84.1 cm³/mol. The normalized spacial score (nSPS) is 12.1. The molecule has 0 heterocycles. The number of anilines is 1. The van der Waals surface area contributed by atoms with Gasteiger partial charge in [0, 0.05) is 26.8 Å². The lowest BCUT2D eigenvalue weighted by molar-refractivity contribution is 0.410. The van der Waals surface area contributed by atoms with E-state index in [1.807, 2.05) is 13.0 Å². The van der Waals surface area contributed by atoms with Gasteiger partial charge in [0.25, 0.3) is 0 Å². The first-order chi connectivity index (χ1) is 9.51. The molecule has 2 rings (SSSR count). The van der Waals surface area contributed by atoms with Crippen molar-refractivity contribution in [1.82, 2.24) is 0 Å². The summed E-state index contributed by atoms with van der Waals surface area (Å²) in [6, 6.07) is 10.1. The molecule has 0 spiro atoms. The average molecular weight is 359 g/mol. The third kappa shape index (κ3) is 3.44. The summed E-state index contributed by atoms with van der Waals surface area (Å²) in [5.41, 5.74) is 1.43. The van der Waals surface area contributed by atoms with Gasteiger partial charge in [-0.25, -0.2) is 4.39 Å². The Balaban J connectivity index is 2.21. The van der Waals surface area contributed by atoms with Crippen molar-refractivity contribution in [3.63, 3.8) is 0 Å². The predicted octanol–water partition coefficient (Wildman–Crippen LogP) is 5.42. The fourth-order valence-electron chi connectivity index (χ4n) is 1.90. The Hall–Kier alpha value is -1.26. The van der Waals surface area contributed by atoms with Gasteiger partial charge in [0.1, 0.15) is 11.6 Å². The van der Waals surface area contributed by atoms with Crippen LogP contribution in [-0.2, 0) is 0 Å². The zero-order valence-electron chi connectivity index (χ0n) is 11.1. The van der Waals surface area contributed by atoms with Crippen molar-refractivity contribution in [2.75, 3.05) is 12.4 Å². The van der Waals surface area contributed by atoms with Crippen LogP contribution in [0.4, 0.5) is 10.1 Å². The lowest BCUT2D eigenvalue weighted by Gasteiger charge is -2.18. The van der Waals surface area contributed by atoms with E-state index in [4.69, 9.17) is 16.3 Å². The van der Waals surface area contributed by atoms with Crippen LogP contribution in [0.15, 0.2) is 40.9 Å². The van der Waals surface area contributed by atoms with Gasteiger partial charge < -0.3 is 10.1 Å². The Morgan fingerprint density at radius 3 is 2.60 bits per heavy atom. The number of nitrogens with one attached hydrogen (secondary N) is 1. The first kappa shape index (κ1) is 15.1. The highest BCUT2D eigenvalue weighted by molar-refractivity contribution is 9.10. The van der Waals surface area contributed by atoms with Crippen molar-refractivity contribution in [1.29, 1.82) is 0 Å². The minimum Gasteiger partial charge on any atom is -0.497 e. The van der Waals surface area contributed by atoms with E-state index in [9.17, 15) is 4.39 Å². The van der Waals surface area contributed by atoms with E-state index < -0.39 is 0 Å². The zero-order chi connectivity index (χ0) is 14.7. The van der Waals surface area contributed by atoms with Crippen LogP contribution < -0.4 is 10.1 Å². The third-order valence-electron chi connectivity index (χ3n) is 2.98. The molecule has 0 aliphatic carbocycles. The molecule has 0 bridgehead atoms. The molecule has 5 heteroatoms. The summed E-state index contributed by atoms with van der Waals surface area (Å²) in [6.45, 7) is 1.89. The van der Waals surface area contributed by atoms with Gasteiger partial charge in [-0.15, -0.1) is 0 Å². The largest absolute Gasteiger partial charge is 0.497 e. The van der Waals surface area contributed by atoms with Gasteiger partial charge in [0.2, 0.25) is 0 Å². The molecule has 0 amide bonds. The zero-order valence-corrected chi connectivity index (χ0v) is 13.4. The fraction of sp³-hybridized carbons (Fsp3) is 0.200. The summed E-state index contributed by atoms with van der Waals surface area (Å²) < 4.78 is 19.8. The highest BCUT2D eigenvalue weighted by Crippen LogP contribution is 2.30. The van der Waals surface area contributed by atoms with Crippen molar-refractivity contribution in [3.05, 3.63) is 57.3 Å². The van der Waals surface area contributed by atoms with Crippen molar-refractivity contribution in [2.24, 2.45) is 0 Å². The smallest absolute Gasteiger partial charge is 0.132 e. The monoisotopic (exact) mass is 357 g/mol. The molecular formula is C15H14BrClFNO. The van der Waals surface area contributed by atoms with Gasteiger partial charge in [0.15, 0.2) is 0 Å². The minimum atomic E-state index is -0.297. The average Bonchev–Trinajstić information content (AvgIpc) is 2.41. The molecule has 1 N–H and O–H groups in total. The molecular weight excluding hydrogens is 345 g/mol. The van der Waals surface area contributed by atoms with E-state index in [0.717, 1.165) is 10.2 Å². The van der Waals surface area contributed by atoms with E-state index in [1.54, 1.807) is 24.3 Å². The van der Waals surface area contributed by atoms with Crippen molar-refractivity contribution in [2.45, 2.75) is 13.0 Å². The molecule has 2 aromatic carbocycles. The SMILES string of the molecule is COc1ccc(C(C)Nc2ccc(Cl)cc2Br)c(F)c1. The van der Waals surface area contributed by atoms with Gasteiger partial charge in [-0.2, -0.15) is 0 Å². The van der Waals surface area contributed by atoms with Crippen molar-refractivity contribution < 1.29 is 9.13 Å². The number of ether oxygens (including phenoxy) is 1. The summed E-state index contributed by atoms with van der Waals surface area (Å²) in [5, 5.41) is 3.89. The molecule has 20 heavy (non-hydrogen) atoms. The standard InChI is InChI=1S/C15H14BrClFNO/c1-9(12-5-4-11(20-2)8-14(12)18)19-15-6-3-10(17)7-13(15)16/h3-9,19H,1-2H3. The Kier molecular flexibility index (Phi) is 4.89. The molecule has 0 aliphatic rings. The topological polar surface area (TPSA) is 21.3 Å². The second kappa shape index (κ2) is 6.46. The van der Waals surface area contributed by atoms with Gasteiger partial charge in [0.05, 0.1) is 13.2 Å². The molecule has 106 valence electrons. The van der Waals surface area contributed by atoms with Gasteiger partial charge >= 0.3 is 0 Å². The summed E-state index contributed by atoms with van der Waals surface area (Å²) in [7, 11) is 1.51. The summed E-state index contributed by atoms with van der Waals surface area (Å²) in [5.74, 6) is 0.209. The minimum absolute atomic E-state index is 0.182. The number of rotatable bonds is 4. The lowest BCUT2D eigenvalue weighted by atomic mass is 10.1. The highest BCUT2D eigenvalue weighted by Gasteiger charge is 2.13. The molecule has 0 radical (unpaired) electrons. The number of halogens is 3. The van der Waals surface area contributed by atoms with Crippen LogP contribution in [0.1, 0.15) is 18.5 Å². The maximum atomic E-state index is 14.0. The van der Waals surface area contributed by atoms with Crippen LogP contribution in [-0.4, -0.2) is 7.11 Å². The highest BCUT2D eigenvalue weighted by atomic mass is 79.9. The van der Waals surface area contributed by atoms with Crippen LogP contribution >= 0.6 is 27.5 Å². The maximum absolute atomic E-state index is 14.0. The molecule has 0 saturated heterocycles. The summed E-state index contributed by atoms with van der Waals surface area (Å²) in [4.78, 5) is 0. The number of hydrogen-bond acceptors (Lipinski definition) is 2. The van der Waals surface area contributed by atoms with Gasteiger partial charge in [-0.1, -0.05) is 17.7 Å². The second-order valence-electron chi connectivity index (χ2n) is 4.38. The molecule has 0 aromatic heterocycles. The Morgan fingerprint density at radius 2 is 2.00 bits per heavy atom. The van der Waals surface area contributed by atoms with Crippen LogP contribution in [0.25, 0.3) is 0 Å². The van der Waals surface area contributed by atoms with Gasteiger partial charge in [-0.3, -0.25) is 0 Å². The number of hydrogen-bond donors (Lipinski definition) is 1. The first-order valence-electron chi connectivity index (χ1n) is 6.06. The molecule has 0 fully saturated rings. The number of methoxy groups -OCH3 is 1. The molecule has 0 aliphatic heterocycles. The van der Waals surface area contributed by atoms with Crippen LogP contribution in [0.2, 0.25) is 5.02 Å². The Bertz CT molecular complexity index is 621. The fourth-order valence-corrected chi connectivity index (χ4v) is 2.70. The molecule has 1 atom stereocenters. The Morgan fingerprint density at radius 1 is 1.25 bits per heavy atom.